The number of carbonyl (C=O) groups excluding carboxylic acids is 1. The molecule has 1 aromatic rings. The number of nitrogens with zero attached hydrogens (tertiary/aromatic N) is 3. The van der Waals surface area contributed by atoms with Gasteiger partial charge in [0.1, 0.15) is 11.6 Å². The highest BCUT2D eigenvalue weighted by atomic mass is 16.5. The zero-order valence-corrected chi connectivity index (χ0v) is 13.8. The van der Waals surface area contributed by atoms with Crippen LogP contribution in [0.5, 0.6) is 5.75 Å². The Morgan fingerprint density at radius 2 is 2.22 bits per heavy atom. The average Bonchev–Trinajstić information content (AvgIpc) is 2.56. The first-order valence-corrected chi connectivity index (χ1v) is 7.81. The van der Waals surface area contributed by atoms with Crippen molar-refractivity contribution in [2.45, 2.75) is 19.9 Å². The highest BCUT2D eigenvalue weighted by molar-refractivity contribution is 5.81. The number of hydrazine groups is 1. The van der Waals surface area contributed by atoms with Crippen molar-refractivity contribution in [3.8, 4) is 5.75 Å². The molecule has 7 nitrogen and oxygen atoms in total. The van der Waals surface area contributed by atoms with Gasteiger partial charge in [0.15, 0.2) is 0 Å². The van der Waals surface area contributed by atoms with Crippen LogP contribution in [0.25, 0.3) is 0 Å². The van der Waals surface area contributed by atoms with Gasteiger partial charge in [-0.15, -0.1) is 0 Å². The molecule has 126 valence electrons. The Labute approximate surface area is 137 Å². The molecule has 0 bridgehead atoms. The van der Waals surface area contributed by atoms with Crippen molar-refractivity contribution in [1.82, 2.24) is 9.91 Å². The third kappa shape index (κ3) is 4.43. The summed E-state index contributed by atoms with van der Waals surface area (Å²) in [6.45, 7) is 5.37. The fourth-order valence-electron chi connectivity index (χ4n) is 2.49. The molecule has 23 heavy (non-hydrogen) atoms. The smallest absolute Gasteiger partial charge is 0.213 e. The van der Waals surface area contributed by atoms with Gasteiger partial charge in [0, 0.05) is 26.7 Å². The van der Waals surface area contributed by atoms with Gasteiger partial charge in [-0.3, -0.25) is 20.1 Å². The van der Waals surface area contributed by atoms with Crippen LogP contribution < -0.4 is 15.5 Å². The highest BCUT2D eigenvalue weighted by Gasteiger charge is 2.19. The summed E-state index contributed by atoms with van der Waals surface area (Å²) in [6, 6.07) is 5.88. The molecule has 0 aromatic heterocycles. The summed E-state index contributed by atoms with van der Waals surface area (Å²) in [7, 11) is 1.72. The number of amides is 1. The SMILES string of the molecule is CCCOc1ccc(CN2CCN(N)C(=N)C2)cc1N(C)C=O. The molecule has 2 rings (SSSR count). The van der Waals surface area contributed by atoms with Gasteiger partial charge < -0.3 is 9.64 Å². The Morgan fingerprint density at radius 3 is 2.87 bits per heavy atom. The summed E-state index contributed by atoms with van der Waals surface area (Å²) >= 11 is 0. The molecule has 0 radical (unpaired) electrons. The molecule has 1 fully saturated rings. The van der Waals surface area contributed by atoms with Crippen LogP contribution in [0.4, 0.5) is 5.69 Å². The van der Waals surface area contributed by atoms with Crippen LogP contribution >= 0.6 is 0 Å². The lowest BCUT2D eigenvalue weighted by atomic mass is 10.1. The second-order valence-corrected chi connectivity index (χ2v) is 5.72. The number of rotatable bonds is 7. The van der Waals surface area contributed by atoms with E-state index in [0.717, 1.165) is 30.6 Å². The van der Waals surface area contributed by atoms with E-state index in [0.29, 0.717) is 37.8 Å². The fourth-order valence-corrected chi connectivity index (χ4v) is 2.49. The average molecular weight is 319 g/mol. The van der Waals surface area contributed by atoms with Crippen LogP contribution in [0.3, 0.4) is 0 Å². The van der Waals surface area contributed by atoms with Gasteiger partial charge in [-0.1, -0.05) is 13.0 Å². The van der Waals surface area contributed by atoms with E-state index in [2.05, 4.69) is 4.90 Å². The van der Waals surface area contributed by atoms with Gasteiger partial charge in [0.25, 0.3) is 0 Å². The Morgan fingerprint density at radius 1 is 1.43 bits per heavy atom. The van der Waals surface area contributed by atoms with Gasteiger partial charge in [-0.05, 0) is 24.1 Å². The minimum atomic E-state index is 0.421. The molecule has 3 N–H and O–H groups in total. The number of carbonyl (C=O) groups is 1. The number of hydrogen-bond acceptors (Lipinski definition) is 5. The third-order valence-electron chi connectivity index (χ3n) is 3.81. The quantitative estimate of drug-likeness (QED) is 0.579. The summed E-state index contributed by atoms with van der Waals surface area (Å²) in [6.07, 6.45) is 1.69. The lowest BCUT2D eigenvalue weighted by Crippen LogP contribution is -2.52. The first kappa shape index (κ1) is 17.2. The number of benzene rings is 1. The zero-order chi connectivity index (χ0) is 16.8. The molecule has 0 saturated carbocycles. The molecule has 1 amide bonds. The lowest BCUT2D eigenvalue weighted by Gasteiger charge is -2.33. The molecule has 1 aliphatic heterocycles. The molecule has 1 saturated heterocycles. The van der Waals surface area contributed by atoms with Gasteiger partial charge in [-0.25, -0.2) is 5.84 Å². The van der Waals surface area contributed by atoms with Crippen molar-refractivity contribution in [3.63, 3.8) is 0 Å². The number of hydrogen-bond donors (Lipinski definition) is 2. The predicted octanol–water partition coefficient (Wildman–Crippen LogP) is 1.04. The van der Waals surface area contributed by atoms with Crippen molar-refractivity contribution in [1.29, 1.82) is 5.41 Å². The summed E-state index contributed by atoms with van der Waals surface area (Å²) in [4.78, 5) is 14.8. The Hall–Kier alpha value is -2.12. The topological polar surface area (TPSA) is 85.9 Å². The predicted molar refractivity (Wildman–Crippen MR) is 90.6 cm³/mol. The first-order valence-electron chi connectivity index (χ1n) is 7.81. The number of ether oxygens (including phenoxy) is 1. The molecular weight excluding hydrogens is 294 g/mol. The van der Waals surface area contributed by atoms with Crippen LogP contribution in [0.15, 0.2) is 18.2 Å². The van der Waals surface area contributed by atoms with Crippen molar-refractivity contribution in [2.75, 3.05) is 38.2 Å². The van der Waals surface area contributed by atoms with Crippen LogP contribution in [-0.4, -0.2) is 55.4 Å². The molecule has 1 aromatic carbocycles. The summed E-state index contributed by atoms with van der Waals surface area (Å²) in [5, 5.41) is 9.30. The largest absolute Gasteiger partial charge is 0.491 e. The van der Waals surface area contributed by atoms with Gasteiger partial charge in [0.2, 0.25) is 6.41 Å². The van der Waals surface area contributed by atoms with Crippen LogP contribution in [0, 0.1) is 5.41 Å². The minimum absolute atomic E-state index is 0.421. The van der Waals surface area contributed by atoms with E-state index in [1.807, 2.05) is 25.1 Å². The molecule has 0 unspecified atom stereocenters. The van der Waals surface area contributed by atoms with Gasteiger partial charge in [0.05, 0.1) is 18.8 Å². The minimum Gasteiger partial charge on any atom is -0.491 e. The van der Waals surface area contributed by atoms with E-state index in [9.17, 15) is 4.79 Å². The molecule has 1 heterocycles. The normalized spacial score (nSPS) is 15.6. The third-order valence-corrected chi connectivity index (χ3v) is 3.81. The maximum absolute atomic E-state index is 11.1. The summed E-state index contributed by atoms with van der Waals surface area (Å²) < 4.78 is 5.71. The number of amidine groups is 1. The number of nitrogens with one attached hydrogen (secondary N) is 1. The molecular formula is C16H25N5O2. The maximum Gasteiger partial charge on any atom is 0.213 e. The van der Waals surface area contributed by atoms with E-state index in [-0.39, 0.29) is 0 Å². The van der Waals surface area contributed by atoms with E-state index in [4.69, 9.17) is 16.0 Å². The van der Waals surface area contributed by atoms with Gasteiger partial charge >= 0.3 is 0 Å². The molecule has 7 heteroatoms. The van der Waals surface area contributed by atoms with Gasteiger partial charge in [-0.2, -0.15) is 0 Å². The van der Waals surface area contributed by atoms with E-state index in [1.54, 1.807) is 7.05 Å². The lowest BCUT2D eigenvalue weighted by molar-refractivity contribution is -0.107. The van der Waals surface area contributed by atoms with Crippen molar-refractivity contribution in [3.05, 3.63) is 23.8 Å². The summed E-state index contributed by atoms with van der Waals surface area (Å²) in [5.74, 6) is 6.84. The fraction of sp³-hybridized carbons (Fsp3) is 0.500. The second-order valence-electron chi connectivity index (χ2n) is 5.72. The van der Waals surface area contributed by atoms with E-state index in [1.165, 1.54) is 9.91 Å². The number of nitrogens with two attached hydrogens (primary N) is 1. The molecule has 0 aliphatic carbocycles. The Kier molecular flexibility index (Phi) is 5.95. The van der Waals surface area contributed by atoms with E-state index >= 15 is 0 Å². The highest BCUT2D eigenvalue weighted by Crippen LogP contribution is 2.29. The van der Waals surface area contributed by atoms with Crippen molar-refractivity contribution >= 4 is 17.9 Å². The first-order chi connectivity index (χ1) is 11.0. The number of piperazine rings is 1. The summed E-state index contributed by atoms with van der Waals surface area (Å²) in [5.41, 5.74) is 1.84. The van der Waals surface area contributed by atoms with Crippen molar-refractivity contribution < 1.29 is 9.53 Å². The Balaban J connectivity index is 2.13. The molecule has 0 spiro atoms. The second kappa shape index (κ2) is 7.94. The molecule has 1 aliphatic rings. The van der Waals surface area contributed by atoms with Crippen LogP contribution in [0.2, 0.25) is 0 Å². The van der Waals surface area contributed by atoms with Crippen LogP contribution in [0.1, 0.15) is 18.9 Å². The number of anilines is 1. The zero-order valence-electron chi connectivity index (χ0n) is 13.8. The Bertz CT molecular complexity index is 563. The maximum atomic E-state index is 11.1. The monoisotopic (exact) mass is 319 g/mol. The van der Waals surface area contributed by atoms with E-state index < -0.39 is 0 Å². The van der Waals surface area contributed by atoms with Crippen LogP contribution in [-0.2, 0) is 11.3 Å². The molecule has 0 atom stereocenters. The van der Waals surface area contributed by atoms with Crippen molar-refractivity contribution in [2.24, 2.45) is 5.84 Å². The standard InChI is InChI=1S/C16H25N5O2/c1-3-8-23-15-5-4-13(9-14(15)19(2)12-22)10-20-6-7-21(18)16(17)11-20/h4-5,9,12,17H,3,6-8,10-11,18H2,1-2H3.